The Bertz CT molecular complexity index is 926. The predicted molar refractivity (Wildman–Crippen MR) is 84.7 cm³/mol. The van der Waals surface area contributed by atoms with Gasteiger partial charge in [0.25, 0.3) is 0 Å². The number of methoxy groups -OCH3 is 2. The van der Waals surface area contributed by atoms with E-state index in [2.05, 4.69) is 4.74 Å². The Morgan fingerprint density at radius 3 is 2.15 bits per heavy atom. The van der Waals surface area contributed by atoms with Crippen molar-refractivity contribution in [2.75, 3.05) is 14.2 Å². The first-order chi connectivity index (χ1) is 12.4. The maximum absolute atomic E-state index is 14.1. The SMILES string of the molecule is COC(=O)C1=C(c2ccc(OC)cc2)Oc2c(F)c(F)c(F)c(F)c2S1. The standard InChI is InChI=1S/C17H10F4O4S/c1-23-8-5-3-7(4-6-8)13-16(17(22)24-2)26-15-12(21)10(19)9(18)11(20)14(15)25-13/h3-6H,1-2H3. The van der Waals surface area contributed by atoms with Crippen LogP contribution in [0.25, 0.3) is 5.76 Å². The second kappa shape index (κ2) is 6.91. The van der Waals surface area contributed by atoms with Gasteiger partial charge in [0.05, 0.1) is 19.1 Å². The van der Waals surface area contributed by atoms with Crippen LogP contribution in [0.2, 0.25) is 0 Å². The van der Waals surface area contributed by atoms with Gasteiger partial charge in [-0.25, -0.2) is 18.0 Å². The molecule has 0 atom stereocenters. The van der Waals surface area contributed by atoms with Crippen molar-refractivity contribution in [3.05, 3.63) is 58.0 Å². The zero-order valence-electron chi connectivity index (χ0n) is 13.4. The maximum atomic E-state index is 14.1. The molecule has 0 aliphatic carbocycles. The third kappa shape index (κ3) is 2.88. The molecule has 1 aliphatic rings. The highest BCUT2D eigenvalue weighted by Gasteiger charge is 2.35. The summed E-state index contributed by atoms with van der Waals surface area (Å²) in [4.78, 5) is 11.1. The zero-order valence-corrected chi connectivity index (χ0v) is 14.2. The highest BCUT2D eigenvalue weighted by atomic mass is 32.2. The predicted octanol–water partition coefficient (Wildman–Crippen LogP) is 4.28. The van der Waals surface area contributed by atoms with Gasteiger partial charge < -0.3 is 14.2 Å². The molecule has 9 heteroatoms. The molecule has 0 N–H and O–H groups in total. The van der Waals surface area contributed by atoms with Crippen LogP contribution in [0.3, 0.4) is 0 Å². The molecule has 0 saturated carbocycles. The quantitative estimate of drug-likeness (QED) is 0.341. The van der Waals surface area contributed by atoms with Crippen molar-refractivity contribution >= 4 is 23.5 Å². The smallest absolute Gasteiger partial charge is 0.348 e. The van der Waals surface area contributed by atoms with Gasteiger partial charge in [-0.15, -0.1) is 0 Å². The fourth-order valence-corrected chi connectivity index (χ4v) is 3.26. The number of carbonyl (C=O) groups excluding carboxylic acids is 1. The second-order valence-electron chi connectivity index (χ2n) is 5.00. The Morgan fingerprint density at radius 1 is 0.962 bits per heavy atom. The lowest BCUT2D eigenvalue weighted by atomic mass is 10.1. The molecule has 0 radical (unpaired) electrons. The topological polar surface area (TPSA) is 44.8 Å². The van der Waals surface area contributed by atoms with E-state index in [4.69, 9.17) is 9.47 Å². The van der Waals surface area contributed by atoms with Crippen molar-refractivity contribution in [1.82, 2.24) is 0 Å². The van der Waals surface area contributed by atoms with E-state index in [0.717, 1.165) is 7.11 Å². The third-order valence-electron chi connectivity index (χ3n) is 3.52. The number of thioether (sulfide) groups is 1. The molecule has 0 spiro atoms. The van der Waals surface area contributed by atoms with Crippen molar-refractivity contribution in [2.45, 2.75) is 4.90 Å². The molecule has 26 heavy (non-hydrogen) atoms. The van der Waals surface area contributed by atoms with Crippen molar-refractivity contribution in [2.24, 2.45) is 0 Å². The molecular formula is C17H10F4O4S. The average molecular weight is 386 g/mol. The van der Waals surface area contributed by atoms with E-state index in [1.54, 1.807) is 12.1 Å². The van der Waals surface area contributed by atoms with Gasteiger partial charge in [-0.3, -0.25) is 0 Å². The number of benzene rings is 2. The van der Waals surface area contributed by atoms with Gasteiger partial charge in [0.1, 0.15) is 10.7 Å². The first-order valence-electron chi connectivity index (χ1n) is 7.07. The summed E-state index contributed by atoms with van der Waals surface area (Å²) >= 11 is 0.393. The van der Waals surface area contributed by atoms with Gasteiger partial charge in [0.15, 0.2) is 23.1 Å². The Morgan fingerprint density at radius 2 is 1.58 bits per heavy atom. The van der Waals surface area contributed by atoms with Gasteiger partial charge >= 0.3 is 5.97 Å². The van der Waals surface area contributed by atoms with Crippen molar-refractivity contribution < 1.29 is 36.6 Å². The summed E-state index contributed by atoms with van der Waals surface area (Å²) in [5.74, 6) is -8.77. The monoisotopic (exact) mass is 386 g/mol. The normalized spacial score (nSPS) is 13.2. The lowest BCUT2D eigenvalue weighted by molar-refractivity contribution is -0.135. The van der Waals surface area contributed by atoms with Crippen molar-refractivity contribution in [3.8, 4) is 11.5 Å². The Labute approximate surface area is 149 Å². The van der Waals surface area contributed by atoms with Crippen molar-refractivity contribution in [3.63, 3.8) is 0 Å². The molecule has 1 heterocycles. The third-order valence-corrected chi connectivity index (χ3v) is 4.65. The molecule has 0 saturated heterocycles. The number of ether oxygens (including phenoxy) is 3. The Hall–Kier alpha value is -2.68. The largest absolute Gasteiger partial charge is 0.497 e. The van der Waals surface area contributed by atoms with E-state index in [1.807, 2.05) is 0 Å². The van der Waals surface area contributed by atoms with Crippen LogP contribution in [0, 0.1) is 23.3 Å². The van der Waals surface area contributed by atoms with Crippen LogP contribution in [0.5, 0.6) is 11.5 Å². The number of rotatable bonds is 3. The van der Waals surface area contributed by atoms with Gasteiger partial charge in [-0.1, -0.05) is 11.8 Å². The maximum Gasteiger partial charge on any atom is 0.348 e. The summed E-state index contributed by atoms with van der Waals surface area (Å²) in [5, 5.41) is 0. The van der Waals surface area contributed by atoms with Crippen LogP contribution in [0.1, 0.15) is 5.56 Å². The van der Waals surface area contributed by atoms with Crippen LogP contribution in [0.4, 0.5) is 17.6 Å². The summed E-state index contributed by atoms with van der Waals surface area (Å²) in [6, 6.07) is 6.08. The van der Waals surface area contributed by atoms with E-state index >= 15 is 0 Å². The molecule has 3 rings (SSSR count). The summed E-state index contributed by atoms with van der Waals surface area (Å²) in [6.45, 7) is 0. The molecule has 4 nitrogen and oxygen atoms in total. The van der Waals surface area contributed by atoms with Crippen LogP contribution in [-0.2, 0) is 9.53 Å². The molecular weight excluding hydrogens is 376 g/mol. The minimum Gasteiger partial charge on any atom is -0.497 e. The molecule has 2 aromatic carbocycles. The Balaban J connectivity index is 2.19. The molecule has 136 valence electrons. The number of hydrogen-bond acceptors (Lipinski definition) is 5. The lowest BCUT2D eigenvalue weighted by Gasteiger charge is -2.23. The highest BCUT2D eigenvalue weighted by Crippen LogP contribution is 2.48. The summed E-state index contributed by atoms with van der Waals surface area (Å²) in [6.07, 6.45) is 0. The van der Waals surface area contributed by atoms with E-state index in [-0.39, 0.29) is 10.7 Å². The second-order valence-corrected chi connectivity index (χ2v) is 6.02. The first kappa shape index (κ1) is 18.1. The first-order valence-corrected chi connectivity index (χ1v) is 7.89. The lowest BCUT2D eigenvalue weighted by Crippen LogP contribution is -2.15. The Kier molecular flexibility index (Phi) is 4.82. The van der Waals surface area contributed by atoms with Gasteiger partial charge in [-0.2, -0.15) is 4.39 Å². The fourth-order valence-electron chi connectivity index (χ4n) is 2.23. The average Bonchev–Trinajstić information content (AvgIpc) is 2.69. The number of carbonyl (C=O) groups is 1. The van der Waals surface area contributed by atoms with E-state index in [0.29, 0.717) is 23.1 Å². The molecule has 1 aliphatic heterocycles. The minimum absolute atomic E-state index is 0.179. The molecule has 0 unspecified atom stereocenters. The number of esters is 1. The van der Waals surface area contributed by atoms with Crippen LogP contribution in [-0.4, -0.2) is 20.2 Å². The molecule has 2 aromatic rings. The number of halogens is 4. The molecule has 0 fully saturated rings. The van der Waals surface area contributed by atoms with Gasteiger partial charge in [0, 0.05) is 5.56 Å². The number of fused-ring (bicyclic) bond motifs is 1. The van der Waals surface area contributed by atoms with E-state index in [9.17, 15) is 22.4 Å². The van der Waals surface area contributed by atoms with E-state index in [1.165, 1.54) is 19.2 Å². The molecule has 0 aromatic heterocycles. The number of hydrogen-bond donors (Lipinski definition) is 0. The van der Waals surface area contributed by atoms with Crippen molar-refractivity contribution in [1.29, 1.82) is 0 Å². The molecule has 0 amide bonds. The van der Waals surface area contributed by atoms with Crippen LogP contribution < -0.4 is 9.47 Å². The van der Waals surface area contributed by atoms with Gasteiger partial charge in [0.2, 0.25) is 11.6 Å². The molecule has 0 bridgehead atoms. The minimum atomic E-state index is -2.00. The zero-order chi connectivity index (χ0) is 19.0. The van der Waals surface area contributed by atoms with Crippen LogP contribution in [0.15, 0.2) is 34.1 Å². The summed E-state index contributed by atoms with van der Waals surface area (Å²) < 4.78 is 70.0. The summed E-state index contributed by atoms with van der Waals surface area (Å²) in [5.41, 5.74) is 0.300. The highest BCUT2D eigenvalue weighted by molar-refractivity contribution is 8.04. The van der Waals surface area contributed by atoms with Crippen LogP contribution >= 0.6 is 11.8 Å². The fraction of sp³-hybridized carbons (Fsp3) is 0.118. The summed E-state index contributed by atoms with van der Waals surface area (Å²) in [7, 11) is 2.53. The van der Waals surface area contributed by atoms with E-state index < -0.39 is 39.9 Å². The van der Waals surface area contributed by atoms with Gasteiger partial charge in [-0.05, 0) is 24.3 Å².